The topological polar surface area (TPSA) is 91.2 Å². The van der Waals surface area contributed by atoms with Crippen LogP contribution in [0.2, 0.25) is 0 Å². The van der Waals surface area contributed by atoms with E-state index in [-0.39, 0.29) is 17.6 Å². The average molecular weight is 213 g/mol. The molecule has 0 saturated heterocycles. The first kappa shape index (κ1) is 11.0. The smallest absolute Gasteiger partial charge is 0.283 e. The third kappa shape index (κ3) is 2.06. The van der Waals surface area contributed by atoms with Crippen molar-refractivity contribution in [3.05, 3.63) is 21.9 Å². The molecule has 1 N–H and O–H groups in total. The molecule has 0 bridgehead atoms. The van der Waals surface area contributed by atoms with Gasteiger partial charge in [-0.1, -0.05) is 0 Å². The number of rotatable bonds is 3. The molecule has 0 saturated carbocycles. The zero-order valence-corrected chi connectivity index (χ0v) is 8.39. The molecule has 0 aliphatic rings. The van der Waals surface area contributed by atoms with Crippen LogP contribution in [0, 0.1) is 10.1 Å². The van der Waals surface area contributed by atoms with Crippen LogP contribution in [0.3, 0.4) is 0 Å². The minimum Gasteiger partial charge on any atom is -0.283 e. The van der Waals surface area contributed by atoms with Crippen LogP contribution in [0.1, 0.15) is 30.4 Å². The van der Waals surface area contributed by atoms with Crippen LogP contribution in [-0.2, 0) is 4.42 Å². The molecule has 0 atom stereocenters. The van der Waals surface area contributed by atoms with E-state index in [1.165, 1.54) is 4.68 Å². The Morgan fingerprint density at radius 1 is 1.73 bits per heavy atom. The first-order valence-electron chi connectivity index (χ1n) is 4.22. The van der Waals surface area contributed by atoms with Gasteiger partial charge in [-0.2, -0.15) is 0 Å². The van der Waals surface area contributed by atoms with E-state index >= 15 is 0 Å². The van der Waals surface area contributed by atoms with E-state index in [1.807, 2.05) is 0 Å². The number of H-pyrrole nitrogens is 1. The molecule has 1 aromatic rings. The van der Waals surface area contributed by atoms with Gasteiger partial charge in [0.05, 0.1) is 4.79 Å². The summed E-state index contributed by atoms with van der Waals surface area (Å²) in [6.45, 7) is 6.45. The average Bonchev–Trinajstić information content (AvgIpc) is 2.61. The van der Waals surface area contributed by atoms with Crippen molar-refractivity contribution in [2.45, 2.75) is 19.9 Å². The number of carbonyl (C=O) groups is 1. The predicted octanol–water partition coefficient (Wildman–Crippen LogP) is 0.296. The van der Waals surface area contributed by atoms with Gasteiger partial charge in [0.1, 0.15) is 11.0 Å². The van der Waals surface area contributed by atoms with Gasteiger partial charge in [-0.25, -0.2) is 0 Å². The lowest BCUT2D eigenvalue weighted by atomic mass is 10.4. The lowest BCUT2D eigenvalue weighted by Gasteiger charge is -1.92. The third-order valence-corrected chi connectivity index (χ3v) is 1.82. The van der Waals surface area contributed by atoms with Crippen LogP contribution in [0.25, 0.3) is 0 Å². The van der Waals surface area contributed by atoms with Gasteiger partial charge in [-0.05, 0) is 4.68 Å². The summed E-state index contributed by atoms with van der Waals surface area (Å²) in [7, 11) is 0. The van der Waals surface area contributed by atoms with Crippen LogP contribution in [0.15, 0.2) is 6.07 Å². The molecular weight excluding hydrogens is 202 g/mol. The SMILES string of the molecule is C=[O+]C(=O)c1cc([N+](=O)[O-])[n+](C(C)C)[nH]1. The van der Waals surface area contributed by atoms with E-state index in [0.717, 1.165) is 6.07 Å². The van der Waals surface area contributed by atoms with Crippen LogP contribution in [-0.4, -0.2) is 22.8 Å². The Balaban J connectivity index is 3.26. The Labute approximate surface area is 85.2 Å². The molecule has 1 aromatic heterocycles. The third-order valence-electron chi connectivity index (χ3n) is 1.82. The molecule has 0 spiro atoms. The molecule has 7 nitrogen and oxygen atoms in total. The molecule has 1 heterocycles. The van der Waals surface area contributed by atoms with Crippen molar-refractivity contribution in [2.75, 3.05) is 0 Å². The number of aromatic amines is 1. The van der Waals surface area contributed by atoms with Crippen molar-refractivity contribution >= 4 is 18.6 Å². The van der Waals surface area contributed by atoms with E-state index in [1.54, 1.807) is 13.8 Å². The quantitative estimate of drug-likeness (QED) is 0.338. The predicted molar refractivity (Wildman–Crippen MR) is 49.5 cm³/mol. The normalized spacial score (nSPS) is 10.3. The standard InChI is InChI=1S/C8H10N3O4/c1-5(2)10-7(11(13)14)4-6(9-10)8(12)15-3/h4-5H,3H2,1-2H3/q+1/p+1. The van der Waals surface area contributed by atoms with E-state index in [2.05, 4.69) is 16.3 Å². The molecular formula is C8H11N3O4+2. The second-order valence-electron chi connectivity index (χ2n) is 3.18. The van der Waals surface area contributed by atoms with Gasteiger partial charge < -0.3 is 0 Å². The largest absolute Gasteiger partial charge is 0.634 e. The Morgan fingerprint density at radius 3 is 2.67 bits per heavy atom. The maximum atomic E-state index is 11.1. The van der Waals surface area contributed by atoms with E-state index in [0.29, 0.717) is 0 Å². The summed E-state index contributed by atoms with van der Waals surface area (Å²) in [5.74, 6) is -0.928. The van der Waals surface area contributed by atoms with Gasteiger partial charge in [0, 0.05) is 13.8 Å². The lowest BCUT2D eigenvalue weighted by molar-refractivity contribution is -0.795. The maximum absolute atomic E-state index is 11.1. The molecule has 0 aliphatic heterocycles. The maximum Gasteiger partial charge on any atom is 0.634 e. The zero-order chi connectivity index (χ0) is 11.6. The van der Waals surface area contributed by atoms with Gasteiger partial charge >= 0.3 is 11.8 Å². The molecule has 80 valence electrons. The first-order chi connectivity index (χ1) is 6.97. The number of hydrogen-bond donors (Lipinski definition) is 1. The molecule has 0 aromatic carbocycles. The van der Waals surface area contributed by atoms with Crippen molar-refractivity contribution in [3.63, 3.8) is 0 Å². The molecule has 7 heteroatoms. The minimum atomic E-state index is -0.738. The van der Waals surface area contributed by atoms with Crippen LogP contribution in [0.4, 0.5) is 5.82 Å². The lowest BCUT2D eigenvalue weighted by Crippen LogP contribution is -2.40. The second-order valence-corrected chi connectivity index (χ2v) is 3.18. The van der Waals surface area contributed by atoms with Gasteiger partial charge in [-0.15, -0.1) is 5.10 Å². The first-order valence-corrected chi connectivity index (χ1v) is 4.22. The molecule has 15 heavy (non-hydrogen) atoms. The Kier molecular flexibility index (Phi) is 2.93. The summed E-state index contributed by atoms with van der Waals surface area (Å²) < 4.78 is 5.48. The highest BCUT2D eigenvalue weighted by Crippen LogP contribution is 2.09. The summed E-state index contributed by atoms with van der Waals surface area (Å²) >= 11 is 0. The molecule has 0 unspecified atom stereocenters. The Morgan fingerprint density at radius 2 is 2.33 bits per heavy atom. The van der Waals surface area contributed by atoms with Crippen molar-refractivity contribution in [1.82, 2.24) is 5.10 Å². The number of hydrogen-bond acceptors (Lipinski definition) is 3. The number of nitro groups is 1. The van der Waals surface area contributed by atoms with Crippen molar-refractivity contribution in [2.24, 2.45) is 0 Å². The number of aromatic nitrogens is 2. The Bertz CT molecular complexity index is 422. The van der Waals surface area contributed by atoms with E-state index in [9.17, 15) is 14.9 Å². The molecule has 0 radical (unpaired) electrons. The van der Waals surface area contributed by atoms with Crippen LogP contribution < -0.4 is 4.68 Å². The van der Waals surface area contributed by atoms with Gasteiger partial charge in [-0.3, -0.25) is 14.5 Å². The summed E-state index contributed by atoms with van der Waals surface area (Å²) in [5.41, 5.74) is 0.00500. The van der Waals surface area contributed by atoms with Crippen LogP contribution >= 0.6 is 0 Å². The highest BCUT2D eigenvalue weighted by Gasteiger charge is 2.35. The summed E-state index contributed by atoms with van der Waals surface area (Å²) in [6, 6.07) is 0.963. The Hall–Kier alpha value is -2.05. The number of nitrogens with zero attached hydrogens (tertiary/aromatic N) is 2. The number of carbonyl (C=O) groups excluding carboxylic acids is 2. The zero-order valence-electron chi connectivity index (χ0n) is 8.39. The minimum absolute atomic E-state index is 0.00500. The highest BCUT2D eigenvalue weighted by atomic mass is 16.6. The van der Waals surface area contributed by atoms with Crippen molar-refractivity contribution in [1.29, 1.82) is 0 Å². The van der Waals surface area contributed by atoms with Gasteiger partial charge in [0.2, 0.25) is 0 Å². The fraction of sp³-hybridized carbons (Fsp3) is 0.375. The van der Waals surface area contributed by atoms with Crippen molar-refractivity contribution in [3.8, 4) is 0 Å². The fourth-order valence-corrected chi connectivity index (χ4v) is 1.13. The highest BCUT2D eigenvalue weighted by molar-refractivity contribution is 5.84. The summed E-state index contributed by atoms with van der Waals surface area (Å²) in [5, 5.41) is 13.2. The van der Waals surface area contributed by atoms with Crippen LogP contribution in [0.5, 0.6) is 0 Å². The monoisotopic (exact) mass is 213 g/mol. The fourth-order valence-electron chi connectivity index (χ4n) is 1.13. The second kappa shape index (κ2) is 3.99. The molecule has 0 aliphatic carbocycles. The summed E-state index contributed by atoms with van der Waals surface area (Å²) in [4.78, 5) is 21.1. The molecule has 0 fully saturated rings. The van der Waals surface area contributed by atoms with Gasteiger partial charge in [0.15, 0.2) is 12.8 Å². The van der Waals surface area contributed by atoms with E-state index < -0.39 is 10.9 Å². The molecule has 0 amide bonds. The number of nitrogens with one attached hydrogen (secondary N) is 1. The van der Waals surface area contributed by atoms with Gasteiger partial charge in [0.25, 0.3) is 5.69 Å². The van der Waals surface area contributed by atoms with E-state index in [4.69, 9.17) is 0 Å². The summed E-state index contributed by atoms with van der Waals surface area (Å²) in [6.07, 6.45) is 0. The van der Waals surface area contributed by atoms with Crippen molar-refractivity contribution < 1.29 is 18.8 Å². The molecule has 1 rings (SSSR count).